The molecule has 0 saturated heterocycles. The van der Waals surface area contributed by atoms with Crippen LogP contribution in [-0.4, -0.2) is 6.04 Å². The molecule has 1 atom stereocenters. The summed E-state index contributed by atoms with van der Waals surface area (Å²) in [7, 11) is 0. The van der Waals surface area contributed by atoms with Gasteiger partial charge in [0, 0.05) is 11.7 Å². The lowest BCUT2D eigenvalue weighted by Gasteiger charge is -2.15. The summed E-state index contributed by atoms with van der Waals surface area (Å²) in [6.07, 6.45) is 15.0. The quantitative estimate of drug-likeness (QED) is 0.690. The Morgan fingerprint density at radius 2 is 1.95 bits per heavy atom. The molecule has 0 aromatic carbocycles. The monoisotopic (exact) mass is 257 g/mol. The van der Waals surface area contributed by atoms with Gasteiger partial charge in [-0.15, -0.1) is 0 Å². The van der Waals surface area contributed by atoms with Crippen LogP contribution < -0.4 is 5.32 Å². The number of hydrogen-bond donors (Lipinski definition) is 1. The van der Waals surface area contributed by atoms with E-state index >= 15 is 0 Å². The second-order valence-corrected chi connectivity index (χ2v) is 5.36. The molecule has 1 heteroatoms. The van der Waals surface area contributed by atoms with Crippen LogP contribution >= 0.6 is 0 Å². The van der Waals surface area contributed by atoms with Crippen LogP contribution in [0, 0.1) is 5.92 Å². The molecule has 1 rings (SSSR count). The Labute approximate surface area is 118 Å². The van der Waals surface area contributed by atoms with Crippen molar-refractivity contribution in [3.63, 3.8) is 0 Å². The van der Waals surface area contributed by atoms with Crippen LogP contribution in [-0.2, 0) is 0 Å². The highest BCUT2D eigenvalue weighted by Crippen LogP contribution is 2.31. The first-order chi connectivity index (χ1) is 9.10. The molecule has 1 saturated carbocycles. The largest absolute Gasteiger partial charge is 0.382 e. The molecule has 1 N–H and O–H groups in total. The van der Waals surface area contributed by atoms with Crippen LogP contribution in [0.4, 0.5) is 0 Å². The fourth-order valence-electron chi connectivity index (χ4n) is 2.51. The number of allylic oxidation sites excluding steroid dienone is 6. The Morgan fingerprint density at radius 1 is 1.26 bits per heavy atom. The first kappa shape index (κ1) is 15.6. The first-order valence-electron chi connectivity index (χ1n) is 7.18. The lowest BCUT2D eigenvalue weighted by Crippen LogP contribution is -2.25. The van der Waals surface area contributed by atoms with E-state index in [4.69, 9.17) is 0 Å². The summed E-state index contributed by atoms with van der Waals surface area (Å²) in [5.74, 6) is 0.560. The van der Waals surface area contributed by atoms with Crippen LogP contribution in [0.25, 0.3) is 0 Å². The maximum Gasteiger partial charge on any atom is 0.0341 e. The predicted molar refractivity (Wildman–Crippen MR) is 85.9 cm³/mol. The maximum atomic E-state index is 3.80. The van der Waals surface area contributed by atoms with Gasteiger partial charge in [0.1, 0.15) is 0 Å². The van der Waals surface area contributed by atoms with E-state index in [1.54, 1.807) is 0 Å². The van der Waals surface area contributed by atoms with Crippen LogP contribution in [0.15, 0.2) is 59.9 Å². The molecule has 0 spiro atoms. The van der Waals surface area contributed by atoms with E-state index in [1.807, 2.05) is 6.08 Å². The summed E-state index contributed by atoms with van der Waals surface area (Å²) in [6.45, 7) is 12.4. The molecular weight excluding hydrogens is 230 g/mol. The molecule has 1 nitrogen and oxygen atoms in total. The number of hydrogen-bond acceptors (Lipinski definition) is 1. The molecule has 0 amide bonds. The Morgan fingerprint density at radius 3 is 2.47 bits per heavy atom. The van der Waals surface area contributed by atoms with Gasteiger partial charge in [0.15, 0.2) is 0 Å². The third kappa shape index (κ3) is 4.94. The van der Waals surface area contributed by atoms with E-state index in [2.05, 4.69) is 70.0 Å². The minimum Gasteiger partial charge on any atom is -0.382 e. The Balaban J connectivity index is 2.78. The highest BCUT2D eigenvalue weighted by molar-refractivity contribution is 5.39. The summed E-state index contributed by atoms with van der Waals surface area (Å²) in [5, 5.41) is 3.66. The van der Waals surface area contributed by atoms with Crippen LogP contribution in [0.2, 0.25) is 0 Å². The summed E-state index contributed by atoms with van der Waals surface area (Å²) in [5.41, 5.74) is 4.10. The van der Waals surface area contributed by atoms with Gasteiger partial charge in [0.25, 0.3) is 0 Å². The Bertz CT molecular complexity index is 419. The van der Waals surface area contributed by atoms with Crippen molar-refractivity contribution in [3.05, 3.63) is 59.9 Å². The van der Waals surface area contributed by atoms with Gasteiger partial charge in [-0.3, -0.25) is 0 Å². The van der Waals surface area contributed by atoms with Gasteiger partial charge in [0.05, 0.1) is 0 Å². The molecular formula is C18H27N. The molecule has 0 heterocycles. The summed E-state index contributed by atoms with van der Waals surface area (Å²) < 4.78 is 0. The van der Waals surface area contributed by atoms with E-state index in [0.29, 0.717) is 12.0 Å². The van der Waals surface area contributed by atoms with E-state index in [0.717, 1.165) is 12.8 Å². The average molecular weight is 257 g/mol. The van der Waals surface area contributed by atoms with Crippen LogP contribution in [0.1, 0.15) is 40.5 Å². The number of rotatable bonds is 5. The smallest absolute Gasteiger partial charge is 0.0341 e. The van der Waals surface area contributed by atoms with Crippen molar-refractivity contribution in [2.75, 3.05) is 0 Å². The molecule has 1 unspecified atom stereocenters. The third-order valence-corrected chi connectivity index (χ3v) is 3.24. The highest BCUT2D eigenvalue weighted by Gasteiger charge is 2.23. The number of nitrogens with one attached hydrogen (secondary N) is 1. The van der Waals surface area contributed by atoms with Crippen molar-refractivity contribution < 1.29 is 0 Å². The minimum absolute atomic E-state index is 0.499. The Hall–Kier alpha value is -1.50. The second kappa shape index (κ2) is 7.83. The summed E-state index contributed by atoms with van der Waals surface area (Å²) in [4.78, 5) is 0. The normalized spacial score (nSPS) is 24.9. The average Bonchev–Trinajstić information content (AvgIpc) is 2.71. The van der Waals surface area contributed by atoms with Gasteiger partial charge < -0.3 is 5.32 Å². The molecule has 1 fully saturated rings. The molecule has 0 aromatic rings. The molecule has 0 aromatic heterocycles. The molecule has 19 heavy (non-hydrogen) atoms. The van der Waals surface area contributed by atoms with Gasteiger partial charge in [0.2, 0.25) is 0 Å². The molecule has 1 aliphatic rings. The minimum atomic E-state index is 0.499. The van der Waals surface area contributed by atoms with Gasteiger partial charge >= 0.3 is 0 Å². The molecule has 1 aliphatic carbocycles. The van der Waals surface area contributed by atoms with Crippen LogP contribution in [0.5, 0.6) is 0 Å². The van der Waals surface area contributed by atoms with Gasteiger partial charge in [-0.05, 0) is 49.8 Å². The SMILES string of the molecule is C=C/C=C1/CC(NC(/C=C\C)=C/C(C)C)C/C1=C/C. The van der Waals surface area contributed by atoms with Gasteiger partial charge in [-0.2, -0.15) is 0 Å². The fraction of sp³-hybridized carbons (Fsp3) is 0.444. The van der Waals surface area contributed by atoms with E-state index < -0.39 is 0 Å². The molecule has 0 radical (unpaired) electrons. The van der Waals surface area contributed by atoms with Crippen molar-refractivity contribution in [2.45, 2.75) is 46.6 Å². The third-order valence-electron chi connectivity index (χ3n) is 3.24. The van der Waals surface area contributed by atoms with E-state index in [-0.39, 0.29) is 0 Å². The molecule has 0 bridgehead atoms. The molecule has 104 valence electrons. The lowest BCUT2D eigenvalue weighted by atomic mass is 10.1. The van der Waals surface area contributed by atoms with Gasteiger partial charge in [-0.1, -0.05) is 50.8 Å². The summed E-state index contributed by atoms with van der Waals surface area (Å²) >= 11 is 0. The topological polar surface area (TPSA) is 12.0 Å². The van der Waals surface area contributed by atoms with Crippen LogP contribution in [0.3, 0.4) is 0 Å². The highest BCUT2D eigenvalue weighted by atomic mass is 14.9. The van der Waals surface area contributed by atoms with E-state index in [1.165, 1.54) is 16.8 Å². The fourth-order valence-corrected chi connectivity index (χ4v) is 2.51. The van der Waals surface area contributed by atoms with Crippen molar-refractivity contribution in [1.29, 1.82) is 0 Å². The van der Waals surface area contributed by atoms with Crippen molar-refractivity contribution in [2.24, 2.45) is 5.92 Å². The van der Waals surface area contributed by atoms with E-state index in [9.17, 15) is 0 Å². The predicted octanol–water partition coefficient (Wildman–Crippen LogP) is 4.91. The maximum absolute atomic E-state index is 3.80. The van der Waals surface area contributed by atoms with Crippen molar-refractivity contribution >= 4 is 0 Å². The first-order valence-corrected chi connectivity index (χ1v) is 7.18. The molecule has 0 aliphatic heterocycles. The zero-order chi connectivity index (χ0) is 14.3. The summed E-state index contributed by atoms with van der Waals surface area (Å²) in [6, 6.07) is 0.499. The second-order valence-electron chi connectivity index (χ2n) is 5.36. The zero-order valence-corrected chi connectivity index (χ0v) is 12.7. The Kier molecular flexibility index (Phi) is 6.41. The van der Waals surface area contributed by atoms with Crippen molar-refractivity contribution in [3.8, 4) is 0 Å². The van der Waals surface area contributed by atoms with Gasteiger partial charge in [-0.25, -0.2) is 0 Å². The standard InChI is InChI=1S/C18H27N/c1-6-9-16-13-18(12-15(16)8-3)19-17(10-7-2)11-14(4)5/h6-11,14,18-19H,1,12-13H2,2-5H3/b10-7-,15-8-,16-9-,17-11+. The lowest BCUT2D eigenvalue weighted by molar-refractivity contribution is 0.608. The van der Waals surface area contributed by atoms with Crippen molar-refractivity contribution in [1.82, 2.24) is 5.32 Å². The zero-order valence-electron chi connectivity index (χ0n) is 12.7.